The van der Waals surface area contributed by atoms with Crippen LogP contribution < -0.4 is 5.32 Å². The summed E-state index contributed by atoms with van der Waals surface area (Å²) in [4.78, 5) is 13.1. The third-order valence-corrected chi connectivity index (χ3v) is 11.8. The molecule has 0 aromatic heterocycles. The average Bonchev–Trinajstić information content (AvgIpc) is 3.23. The Bertz CT molecular complexity index is 1010. The summed E-state index contributed by atoms with van der Waals surface area (Å²) >= 11 is 0. The molecule has 1 amide bonds. The molecule has 59 heavy (non-hydrogen) atoms. The fourth-order valence-electron chi connectivity index (χ4n) is 7.71. The highest BCUT2D eigenvalue weighted by molar-refractivity contribution is 5.80. The van der Waals surface area contributed by atoms with Crippen LogP contribution >= 0.6 is 0 Å². The van der Waals surface area contributed by atoms with Crippen molar-refractivity contribution in [2.75, 3.05) is 13.2 Å². The minimum absolute atomic E-state index is 0.254. The van der Waals surface area contributed by atoms with Crippen LogP contribution in [0, 0.1) is 0 Å². The summed E-state index contributed by atoms with van der Waals surface area (Å²) in [6, 6.07) is -1.17. The molecule has 0 bridgehead atoms. The Morgan fingerprint density at radius 2 is 1.03 bits per heavy atom. The molecule has 0 aromatic carbocycles. The molecule has 0 radical (unpaired) electrons. The van der Waals surface area contributed by atoms with Crippen molar-refractivity contribution in [3.63, 3.8) is 0 Å². The first-order valence-corrected chi connectivity index (χ1v) is 24.2. The molecule has 1 aliphatic heterocycles. The van der Waals surface area contributed by atoms with Crippen LogP contribution in [0.5, 0.6) is 0 Å². The van der Waals surface area contributed by atoms with Crippen molar-refractivity contribution < 1.29 is 50.0 Å². The summed E-state index contributed by atoms with van der Waals surface area (Å²) in [6.45, 7) is 3.39. The molecule has 348 valence electrons. The minimum Gasteiger partial charge on any atom is -0.394 e. The number of rotatable bonds is 40. The van der Waals surface area contributed by atoms with Crippen molar-refractivity contribution in [2.45, 2.75) is 262 Å². The maximum absolute atomic E-state index is 13.1. The lowest BCUT2D eigenvalue weighted by Gasteiger charge is -2.40. The lowest BCUT2D eigenvalue weighted by atomic mass is 9.98. The van der Waals surface area contributed by atoms with E-state index in [2.05, 4.69) is 43.5 Å². The van der Waals surface area contributed by atoms with Gasteiger partial charge in [0.2, 0.25) is 5.91 Å². The molecule has 9 unspecified atom stereocenters. The molecule has 1 heterocycles. The highest BCUT2D eigenvalue weighted by atomic mass is 16.7. The normalized spacial score (nSPS) is 21.9. The Morgan fingerprint density at radius 3 is 1.51 bits per heavy atom. The van der Waals surface area contributed by atoms with Gasteiger partial charge in [-0.05, 0) is 44.9 Å². The predicted molar refractivity (Wildman–Crippen MR) is 238 cm³/mol. The van der Waals surface area contributed by atoms with Crippen molar-refractivity contribution in [1.82, 2.24) is 5.32 Å². The Morgan fingerprint density at radius 1 is 0.593 bits per heavy atom. The van der Waals surface area contributed by atoms with E-state index in [0.717, 1.165) is 51.4 Å². The Balaban J connectivity index is 2.32. The second-order valence-corrected chi connectivity index (χ2v) is 17.2. The summed E-state index contributed by atoms with van der Waals surface area (Å²) in [5.41, 5.74) is 0. The van der Waals surface area contributed by atoms with E-state index in [-0.39, 0.29) is 6.42 Å². The van der Waals surface area contributed by atoms with Gasteiger partial charge in [0, 0.05) is 0 Å². The molecule has 1 aliphatic rings. The summed E-state index contributed by atoms with van der Waals surface area (Å²) in [5.74, 6) is -0.704. The monoisotopic (exact) mass is 842 g/mol. The lowest BCUT2D eigenvalue weighted by Crippen LogP contribution is -2.60. The number of hydrogen-bond donors (Lipinski definition) is 8. The van der Waals surface area contributed by atoms with Gasteiger partial charge in [-0.15, -0.1) is 0 Å². The summed E-state index contributed by atoms with van der Waals surface area (Å²) in [7, 11) is 0. The van der Waals surface area contributed by atoms with Gasteiger partial charge in [0.15, 0.2) is 6.29 Å². The molecule has 8 N–H and O–H groups in total. The number of carbonyl (C=O) groups excluding carboxylic acids is 1. The number of nitrogens with one attached hydrogen (secondary N) is 1. The van der Waals surface area contributed by atoms with Crippen molar-refractivity contribution in [3.05, 3.63) is 24.3 Å². The van der Waals surface area contributed by atoms with E-state index in [1.165, 1.54) is 116 Å². The number of unbranched alkanes of at least 4 members (excludes halogenated alkanes) is 24. The average molecular weight is 842 g/mol. The highest BCUT2D eigenvalue weighted by Crippen LogP contribution is 2.23. The fraction of sp³-hybridized carbons (Fsp3) is 0.896. The van der Waals surface area contributed by atoms with E-state index in [1.54, 1.807) is 0 Å². The molecule has 0 aromatic rings. The zero-order chi connectivity index (χ0) is 43.4. The summed E-state index contributed by atoms with van der Waals surface area (Å²) in [6.07, 6.45) is 31.1. The van der Waals surface area contributed by atoms with Gasteiger partial charge in [-0.2, -0.15) is 0 Å². The van der Waals surface area contributed by atoms with Gasteiger partial charge in [0.25, 0.3) is 0 Å². The van der Waals surface area contributed by atoms with E-state index >= 15 is 0 Å². The molecular weight excluding hydrogens is 751 g/mol. The van der Waals surface area contributed by atoms with Crippen molar-refractivity contribution >= 4 is 5.91 Å². The quantitative estimate of drug-likeness (QED) is 0.0221. The standard InChI is InChI=1S/C48H91NO10/c1-3-5-7-9-11-13-14-15-16-17-18-19-20-21-22-23-24-25-26-27-28-30-32-34-36-41(52)47(57)49-39(38-58-48-46(56)45(55)44(54)42(37-50)59-48)43(53)40(51)35-33-31-29-12-10-8-6-4-2/h18-19,21-22,39-46,48,50-56H,3-17,20,23-38H2,1-2H3,(H,49,57)/b19-18-,22-21-. The number of aliphatic hydroxyl groups excluding tert-OH is 7. The molecule has 0 spiro atoms. The number of carbonyl (C=O) groups is 1. The Kier molecular flexibility index (Phi) is 36.1. The second kappa shape index (κ2) is 38.3. The minimum atomic E-state index is -1.66. The molecule has 0 saturated carbocycles. The maximum atomic E-state index is 13.1. The van der Waals surface area contributed by atoms with Gasteiger partial charge in [0.1, 0.15) is 36.6 Å². The summed E-state index contributed by atoms with van der Waals surface area (Å²) in [5, 5.41) is 75.4. The second-order valence-electron chi connectivity index (χ2n) is 17.2. The molecule has 1 saturated heterocycles. The van der Waals surface area contributed by atoms with Crippen LogP contribution in [0.3, 0.4) is 0 Å². The number of hydrogen-bond acceptors (Lipinski definition) is 10. The van der Waals surface area contributed by atoms with Crippen LogP contribution in [0.25, 0.3) is 0 Å². The van der Waals surface area contributed by atoms with Crippen LogP contribution in [0.15, 0.2) is 24.3 Å². The molecule has 11 heteroatoms. The number of allylic oxidation sites excluding steroid dienone is 4. The van der Waals surface area contributed by atoms with Crippen molar-refractivity contribution in [1.29, 1.82) is 0 Å². The Labute approximate surface area is 359 Å². The van der Waals surface area contributed by atoms with Gasteiger partial charge in [0.05, 0.1) is 25.4 Å². The molecule has 1 fully saturated rings. The van der Waals surface area contributed by atoms with Crippen LogP contribution in [0.2, 0.25) is 0 Å². The first-order chi connectivity index (χ1) is 28.7. The number of ether oxygens (including phenoxy) is 2. The van der Waals surface area contributed by atoms with Crippen molar-refractivity contribution in [3.8, 4) is 0 Å². The zero-order valence-electron chi connectivity index (χ0n) is 37.5. The van der Waals surface area contributed by atoms with E-state index < -0.39 is 74.2 Å². The van der Waals surface area contributed by atoms with Crippen LogP contribution in [0.4, 0.5) is 0 Å². The highest BCUT2D eigenvalue weighted by Gasteiger charge is 2.44. The lowest BCUT2D eigenvalue weighted by molar-refractivity contribution is -0.303. The zero-order valence-corrected chi connectivity index (χ0v) is 37.5. The van der Waals surface area contributed by atoms with E-state index in [9.17, 15) is 40.5 Å². The van der Waals surface area contributed by atoms with Crippen LogP contribution in [-0.4, -0.2) is 110 Å². The molecule has 0 aliphatic carbocycles. The molecule has 1 rings (SSSR count). The largest absolute Gasteiger partial charge is 0.394 e. The van der Waals surface area contributed by atoms with Gasteiger partial charge in [-0.1, -0.05) is 186 Å². The maximum Gasteiger partial charge on any atom is 0.249 e. The topological polar surface area (TPSA) is 189 Å². The van der Waals surface area contributed by atoms with Crippen molar-refractivity contribution in [2.24, 2.45) is 0 Å². The summed E-state index contributed by atoms with van der Waals surface area (Å²) < 4.78 is 11.1. The SMILES string of the molecule is CCCCCCCCCCC/C=C\C/C=C\CCCCCCCCCCC(O)C(=O)NC(COC1OC(CO)C(O)C(O)C1O)C(O)C(O)CCCCCCCCCC. The molecular formula is C48H91NO10. The molecule has 9 atom stereocenters. The predicted octanol–water partition coefficient (Wildman–Crippen LogP) is 8.23. The third-order valence-electron chi connectivity index (χ3n) is 11.8. The third kappa shape index (κ3) is 28.0. The van der Waals surface area contributed by atoms with Gasteiger partial charge in [-0.3, -0.25) is 4.79 Å². The number of amides is 1. The van der Waals surface area contributed by atoms with Crippen LogP contribution in [0.1, 0.15) is 206 Å². The smallest absolute Gasteiger partial charge is 0.249 e. The Hall–Kier alpha value is -1.41. The van der Waals surface area contributed by atoms with E-state index in [4.69, 9.17) is 9.47 Å². The first kappa shape index (κ1) is 55.6. The van der Waals surface area contributed by atoms with Gasteiger partial charge < -0.3 is 50.5 Å². The van der Waals surface area contributed by atoms with Crippen LogP contribution in [-0.2, 0) is 14.3 Å². The van der Waals surface area contributed by atoms with Gasteiger partial charge >= 0.3 is 0 Å². The molecule has 11 nitrogen and oxygen atoms in total. The first-order valence-electron chi connectivity index (χ1n) is 24.2. The van der Waals surface area contributed by atoms with E-state index in [1.807, 2.05) is 0 Å². The number of aliphatic hydroxyl groups is 7. The van der Waals surface area contributed by atoms with Gasteiger partial charge in [-0.25, -0.2) is 0 Å². The van der Waals surface area contributed by atoms with E-state index in [0.29, 0.717) is 19.3 Å². The fourth-order valence-corrected chi connectivity index (χ4v) is 7.71.